The second kappa shape index (κ2) is 7.68. The zero-order valence-electron chi connectivity index (χ0n) is 15.8. The van der Waals surface area contributed by atoms with Crippen molar-refractivity contribution in [3.05, 3.63) is 35.9 Å². The van der Waals surface area contributed by atoms with Gasteiger partial charge in [0.05, 0.1) is 18.7 Å². The van der Waals surface area contributed by atoms with Gasteiger partial charge in [-0.25, -0.2) is 4.98 Å². The summed E-state index contributed by atoms with van der Waals surface area (Å²) in [6.45, 7) is 5.05. The van der Waals surface area contributed by atoms with E-state index in [2.05, 4.69) is 11.9 Å². The van der Waals surface area contributed by atoms with Crippen LogP contribution in [0.2, 0.25) is 0 Å². The van der Waals surface area contributed by atoms with Crippen molar-refractivity contribution in [3.8, 4) is 0 Å². The Bertz CT molecular complexity index is 841. The van der Waals surface area contributed by atoms with Crippen molar-refractivity contribution in [3.63, 3.8) is 0 Å². The monoisotopic (exact) mass is 370 g/mol. The number of hydrogen-bond donors (Lipinski definition) is 0. The molecule has 0 N–H and O–H groups in total. The second-order valence-electron chi connectivity index (χ2n) is 7.20. The molecule has 1 unspecified atom stereocenters. The Morgan fingerprint density at radius 3 is 2.74 bits per heavy atom. The molecule has 4 heterocycles. The number of rotatable bonds is 3. The Hall–Kier alpha value is -2.41. The Morgan fingerprint density at radius 1 is 1.15 bits per heavy atom. The van der Waals surface area contributed by atoms with Gasteiger partial charge in [0.25, 0.3) is 11.8 Å². The van der Waals surface area contributed by atoms with Gasteiger partial charge < -0.3 is 14.5 Å². The number of hydrogen-bond acceptors (Lipinski definition) is 4. The van der Waals surface area contributed by atoms with E-state index in [9.17, 15) is 9.59 Å². The molecule has 4 rings (SSSR count). The predicted molar refractivity (Wildman–Crippen MR) is 101 cm³/mol. The molecule has 2 aromatic rings. The normalized spacial score (nSPS) is 20.9. The lowest BCUT2D eigenvalue weighted by atomic mass is 9.99. The summed E-state index contributed by atoms with van der Waals surface area (Å²) in [5.41, 5.74) is 1.08. The van der Waals surface area contributed by atoms with Crippen LogP contribution >= 0.6 is 0 Å². The number of morpholine rings is 1. The molecule has 2 saturated heterocycles. The van der Waals surface area contributed by atoms with E-state index >= 15 is 0 Å². The molecule has 2 amide bonds. The van der Waals surface area contributed by atoms with Crippen molar-refractivity contribution in [2.24, 2.45) is 0 Å². The molecule has 1 atom stereocenters. The molecule has 2 aliphatic heterocycles. The van der Waals surface area contributed by atoms with Gasteiger partial charge in [-0.15, -0.1) is 0 Å². The van der Waals surface area contributed by atoms with E-state index in [1.165, 1.54) is 0 Å². The van der Waals surface area contributed by atoms with Crippen LogP contribution in [0.3, 0.4) is 0 Å². The van der Waals surface area contributed by atoms with Crippen LogP contribution in [-0.2, 0) is 4.74 Å². The number of imidazole rings is 1. The average molecular weight is 370 g/mol. The average Bonchev–Trinajstić information content (AvgIpc) is 3.13. The molecular weight excluding hydrogens is 344 g/mol. The van der Waals surface area contributed by atoms with Gasteiger partial charge in [0, 0.05) is 31.9 Å². The van der Waals surface area contributed by atoms with E-state index in [0.29, 0.717) is 43.3 Å². The number of fused-ring (bicyclic) bond motifs is 1. The number of likely N-dealkylation sites (tertiary alicyclic amines) is 1. The molecule has 2 aliphatic rings. The molecule has 0 spiro atoms. The first-order chi connectivity index (χ1) is 13.2. The lowest BCUT2D eigenvalue weighted by Crippen LogP contribution is -2.43. The first-order valence-corrected chi connectivity index (χ1v) is 9.85. The number of nitrogens with zero attached hydrogens (tertiary/aromatic N) is 4. The first kappa shape index (κ1) is 18.0. The van der Waals surface area contributed by atoms with Gasteiger partial charge in [-0.05, 0) is 37.8 Å². The van der Waals surface area contributed by atoms with Crippen molar-refractivity contribution >= 4 is 17.3 Å². The minimum absolute atomic E-state index is 0.0636. The Morgan fingerprint density at radius 2 is 1.96 bits per heavy atom. The second-order valence-corrected chi connectivity index (χ2v) is 7.20. The summed E-state index contributed by atoms with van der Waals surface area (Å²) in [5, 5.41) is 0. The van der Waals surface area contributed by atoms with Gasteiger partial charge in [-0.3, -0.25) is 14.0 Å². The maximum absolute atomic E-state index is 13.3. The van der Waals surface area contributed by atoms with E-state index in [4.69, 9.17) is 4.74 Å². The maximum Gasteiger partial charge on any atom is 0.290 e. The van der Waals surface area contributed by atoms with Crippen molar-refractivity contribution < 1.29 is 14.3 Å². The number of aromatic nitrogens is 2. The van der Waals surface area contributed by atoms with Gasteiger partial charge in [-0.2, -0.15) is 0 Å². The van der Waals surface area contributed by atoms with Crippen molar-refractivity contribution in [2.75, 3.05) is 32.8 Å². The van der Waals surface area contributed by atoms with Crippen LogP contribution in [0.25, 0.3) is 5.52 Å². The van der Waals surface area contributed by atoms with Gasteiger partial charge >= 0.3 is 0 Å². The fourth-order valence-corrected chi connectivity index (χ4v) is 4.08. The molecule has 2 fully saturated rings. The number of piperidine rings is 1. The SMILES string of the molecule is CCC1CCCCN1C(=O)c1nc(C(=O)N2CCOCC2)n2ccccc12. The van der Waals surface area contributed by atoms with Crippen LogP contribution in [0.1, 0.15) is 53.7 Å². The molecular formula is C20H26N4O3. The van der Waals surface area contributed by atoms with Crippen molar-refractivity contribution in [1.29, 1.82) is 0 Å². The fourth-order valence-electron chi connectivity index (χ4n) is 4.08. The number of pyridine rings is 1. The Labute approximate surface area is 158 Å². The van der Waals surface area contributed by atoms with Gasteiger partial charge in [0.1, 0.15) is 0 Å². The van der Waals surface area contributed by atoms with Crippen LogP contribution in [0, 0.1) is 0 Å². The maximum atomic E-state index is 13.3. The van der Waals surface area contributed by atoms with Gasteiger partial charge in [0.2, 0.25) is 5.82 Å². The summed E-state index contributed by atoms with van der Waals surface area (Å²) in [6.07, 6.45) is 5.96. The number of ether oxygens (including phenoxy) is 1. The summed E-state index contributed by atoms with van der Waals surface area (Å²) >= 11 is 0. The predicted octanol–water partition coefficient (Wildman–Crippen LogP) is 2.21. The molecule has 7 nitrogen and oxygen atoms in total. The molecule has 0 radical (unpaired) electrons. The van der Waals surface area contributed by atoms with Crippen molar-refractivity contribution in [1.82, 2.24) is 19.2 Å². The zero-order chi connectivity index (χ0) is 18.8. The quantitative estimate of drug-likeness (QED) is 0.831. The molecule has 0 aromatic carbocycles. The molecule has 27 heavy (non-hydrogen) atoms. The summed E-state index contributed by atoms with van der Waals surface area (Å²) in [6, 6.07) is 5.85. The van der Waals surface area contributed by atoms with Gasteiger partial charge in [-0.1, -0.05) is 13.0 Å². The van der Waals surface area contributed by atoms with E-state index in [-0.39, 0.29) is 17.9 Å². The topological polar surface area (TPSA) is 67.2 Å². The standard InChI is InChI=1S/C20H26N4O3/c1-2-15-7-3-5-9-23(15)19(25)17-16-8-4-6-10-24(16)18(21-17)20(26)22-11-13-27-14-12-22/h4,6,8,10,15H,2-3,5,7,9,11-14H2,1H3. The highest BCUT2D eigenvalue weighted by molar-refractivity contribution is 6.02. The van der Waals surface area contributed by atoms with Crippen molar-refractivity contribution in [2.45, 2.75) is 38.6 Å². The lowest BCUT2D eigenvalue weighted by Gasteiger charge is -2.34. The van der Waals surface area contributed by atoms with Gasteiger partial charge in [0.15, 0.2) is 5.69 Å². The third kappa shape index (κ3) is 3.32. The highest BCUT2D eigenvalue weighted by atomic mass is 16.5. The summed E-state index contributed by atoms with van der Waals surface area (Å²) in [7, 11) is 0. The summed E-state index contributed by atoms with van der Waals surface area (Å²) < 4.78 is 7.08. The molecule has 0 bridgehead atoms. The van der Waals surface area contributed by atoms with Crippen LogP contribution in [0.4, 0.5) is 0 Å². The Balaban J connectivity index is 1.71. The minimum Gasteiger partial charge on any atom is -0.378 e. The van der Waals surface area contributed by atoms with Crippen LogP contribution in [-0.4, -0.2) is 69.9 Å². The lowest BCUT2D eigenvalue weighted by molar-refractivity contribution is 0.0294. The van der Waals surface area contributed by atoms with Crippen LogP contribution in [0.15, 0.2) is 24.4 Å². The first-order valence-electron chi connectivity index (χ1n) is 9.85. The summed E-state index contributed by atoms with van der Waals surface area (Å²) in [5.74, 6) is 0.0939. The molecule has 0 aliphatic carbocycles. The fraction of sp³-hybridized carbons (Fsp3) is 0.550. The number of amides is 2. The summed E-state index contributed by atoms with van der Waals surface area (Å²) in [4.78, 5) is 34.5. The molecule has 144 valence electrons. The third-order valence-corrected chi connectivity index (χ3v) is 5.60. The number of carbonyl (C=O) groups is 2. The van der Waals surface area contributed by atoms with Crippen LogP contribution < -0.4 is 0 Å². The van der Waals surface area contributed by atoms with E-state index in [1.54, 1.807) is 15.5 Å². The zero-order valence-corrected chi connectivity index (χ0v) is 15.8. The van der Waals surface area contributed by atoms with E-state index in [1.807, 2.05) is 23.1 Å². The molecule has 0 saturated carbocycles. The highest BCUT2D eigenvalue weighted by Crippen LogP contribution is 2.24. The molecule has 7 heteroatoms. The largest absolute Gasteiger partial charge is 0.378 e. The highest BCUT2D eigenvalue weighted by Gasteiger charge is 2.31. The number of carbonyl (C=O) groups excluding carboxylic acids is 2. The Kier molecular flexibility index (Phi) is 5.11. The smallest absolute Gasteiger partial charge is 0.290 e. The van der Waals surface area contributed by atoms with E-state index < -0.39 is 0 Å². The van der Waals surface area contributed by atoms with Crippen LogP contribution in [0.5, 0.6) is 0 Å². The minimum atomic E-state index is -0.149. The van der Waals surface area contributed by atoms with E-state index in [0.717, 1.165) is 32.2 Å². The molecule has 2 aromatic heterocycles. The third-order valence-electron chi connectivity index (χ3n) is 5.60.